The van der Waals surface area contributed by atoms with Crippen molar-refractivity contribution >= 4 is 17.6 Å². The van der Waals surface area contributed by atoms with E-state index >= 15 is 0 Å². The number of ether oxygens (including phenoxy) is 1. The van der Waals surface area contributed by atoms with Crippen LogP contribution in [0.4, 0.5) is 5.69 Å². The van der Waals surface area contributed by atoms with Gasteiger partial charge in [0.15, 0.2) is 0 Å². The van der Waals surface area contributed by atoms with Crippen LogP contribution in [0.15, 0.2) is 24.3 Å². The monoisotopic (exact) mass is 317 g/mol. The predicted molar refractivity (Wildman–Crippen MR) is 91.4 cm³/mol. The van der Waals surface area contributed by atoms with E-state index in [0.717, 1.165) is 37.8 Å². The van der Waals surface area contributed by atoms with Gasteiger partial charge in [-0.25, -0.2) is 0 Å². The molecule has 23 heavy (non-hydrogen) atoms. The third kappa shape index (κ3) is 4.81. The molecule has 1 aliphatic carbocycles. The van der Waals surface area contributed by atoms with Crippen molar-refractivity contribution < 1.29 is 14.3 Å². The highest BCUT2D eigenvalue weighted by molar-refractivity contribution is 5.92. The van der Waals surface area contributed by atoms with Crippen molar-refractivity contribution in [1.82, 2.24) is 0 Å². The van der Waals surface area contributed by atoms with Crippen LogP contribution in [-0.2, 0) is 9.59 Å². The van der Waals surface area contributed by atoms with Crippen LogP contribution >= 0.6 is 0 Å². The molecule has 0 heterocycles. The van der Waals surface area contributed by atoms with Crippen LogP contribution in [0.5, 0.6) is 5.75 Å². The molecule has 0 radical (unpaired) electrons. The van der Waals surface area contributed by atoms with E-state index in [4.69, 9.17) is 4.74 Å². The van der Waals surface area contributed by atoms with Gasteiger partial charge >= 0.3 is 5.97 Å². The number of rotatable bonds is 5. The first-order chi connectivity index (χ1) is 10.9. The second-order valence-electron chi connectivity index (χ2n) is 6.98. The molecular formula is C19H27NO3. The maximum Gasteiger partial charge on any atom is 0.316 e. The van der Waals surface area contributed by atoms with Gasteiger partial charge in [-0.15, -0.1) is 0 Å². The fourth-order valence-corrected chi connectivity index (χ4v) is 2.60. The lowest BCUT2D eigenvalue weighted by molar-refractivity contribution is -0.144. The normalized spacial score (nSPS) is 16.0. The third-order valence-corrected chi connectivity index (χ3v) is 4.74. The summed E-state index contributed by atoms with van der Waals surface area (Å²) in [6.45, 7) is 5.70. The lowest BCUT2D eigenvalue weighted by Gasteiger charge is -2.21. The fourth-order valence-electron chi connectivity index (χ4n) is 2.60. The molecule has 0 saturated heterocycles. The Hall–Kier alpha value is -1.84. The number of anilines is 1. The second-order valence-corrected chi connectivity index (χ2v) is 6.98. The summed E-state index contributed by atoms with van der Waals surface area (Å²) in [5, 5.41) is 2.95. The van der Waals surface area contributed by atoms with E-state index < -0.39 is 5.41 Å². The SMILES string of the molecule is CCC(C)(C)C(=O)Oc1ccc(NC(=O)C2CCCCC2)cc1. The van der Waals surface area contributed by atoms with Crippen LogP contribution in [0.1, 0.15) is 59.3 Å². The summed E-state index contributed by atoms with van der Waals surface area (Å²) < 4.78 is 5.39. The predicted octanol–water partition coefficient (Wildman–Crippen LogP) is 4.55. The summed E-state index contributed by atoms with van der Waals surface area (Å²) in [6.07, 6.45) is 6.20. The largest absolute Gasteiger partial charge is 0.426 e. The molecule has 1 aromatic carbocycles. The van der Waals surface area contributed by atoms with Gasteiger partial charge in [-0.2, -0.15) is 0 Å². The molecule has 1 aromatic rings. The Balaban J connectivity index is 1.91. The van der Waals surface area contributed by atoms with Crippen molar-refractivity contribution in [3.05, 3.63) is 24.3 Å². The number of hydrogen-bond donors (Lipinski definition) is 1. The van der Waals surface area contributed by atoms with Gasteiger partial charge in [0.2, 0.25) is 5.91 Å². The highest BCUT2D eigenvalue weighted by Crippen LogP contribution is 2.26. The summed E-state index contributed by atoms with van der Waals surface area (Å²) in [6, 6.07) is 7.00. The topological polar surface area (TPSA) is 55.4 Å². The summed E-state index contributed by atoms with van der Waals surface area (Å²) in [4.78, 5) is 24.2. The minimum Gasteiger partial charge on any atom is -0.426 e. The average molecular weight is 317 g/mol. The molecule has 126 valence electrons. The molecule has 0 spiro atoms. The molecule has 0 unspecified atom stereocenters. The molecule has 0 bridgehead atoms. The third-order valence-electron chi connectivity index (χ3n) is 4.74. The zero-order valence-electron chi connectivity index (χ0n) is 14.4. The second kappa shape index (κ2) is 7.62. The zero-order chi connectivity index (χ0) is 16.9. The van der Waals surface area contributed by atoms with Gasteiger partial charge in [-0.1, -0.05) is 26.2 Å². The lowest BCUT2D eigenvalue weighted by atomic mass is 9.88. The van der Waals surface area contributed by atoms with E-state index in [2.05, 4.69) is 5.32 Å². The van der Waals surface area contributed by atoms with Crippen LogP contribution in [-0.4, -0.2) is 11.9 Å². The molecule has 4 heteroatoms. The molecule has 4 nitrogen and oxygen atoms in total. The van der Waals surface area contributed by atoms with E-state index in [0.29, 0.717) is 5.75 Å². The summed E-state index contributed by atoms with van der Waals surface area (Å²) in [5.41, 5.74) is 0.253. The van der Waals surface area contributed by atoms with Crippen molar-refractivity contribution in [2.45, 2.75) is 59.3 Å². The number of carbonyl (C=O) groups excluding carboxylic acids is 2. The molecule has 1 N–H and O–H groups in total. The zero-order valence-corrected chi connectivity index (χ0v) is 14.4. The Morgan fingerprint density at radius 2 is 1.74 bits per heavy atom. The van der Waals surface area contributed by atoms with Crippen molar-refractivity contribution in [1.29, 1.82) is 0 Å². The Bertz CT molecular complexity index is 542. The molecular weight excluding hydrogens is 290 g/mol. The first kappa shape index (κ1) is 17.5. The van der Waals surface area contributed by atoms with Crippen LogP contribution in [0.2, 0.25) is 0 Å². The van der Waals surface area contributed by atoms with Crippen molar-refractivity contribution in [2.24, 2.45) is 11.3 Å². The van der Waals surface area contributed by atoms with Gasteiger partial charge in [0, 0.05) is 11.6 Å². The fraction of sp³-hybridized carbons (Fsp3) is 0.579. The van der Waals surface area contributed by atoms with Crippen LogP contribution < -0.4 is 10.1 Å². The Morgan fingerprint density at radius 3 is 2.30 bits per heavy atom. The lowest BCUT2D eigenvalue weighted by Crippen LogP contribution is -2.28. The van der Waals surface area contributed by atoms with Gasteiger partial charge in [0.05, 0.1) is 5.41 Å². The number of amides is 1. The minimum atomic E-state index is -0.492. The average Bonchev–Trinajstić information content (AvgIpc) is 2.57. The number of nitrogens with one attached hydrogen (secondary N) is 1. The van der Waals surface area contributed by atoms with E-state index in [1.807, 2.05) is 20.8 Å². The van der Waals surface area contributed by atoms with E-state index in [1.54, 1.807) is 24.3 Å². The first-order valence-corrected chi connectivity index (χ1v) is 8.55. The van der Waals surface area contributed by atoms with Gasteiger partial charge in [-0.05, 0) is 57.4 Å². The van der Waals surface area contributed by atoms with E-state index in [9.17, 15) is 9.59 Å². The Morgan fingerprint density at radius 1 is 1.13 bits per heavy atom. The quantitative estimate of drug-likeness (QED) is 0.640. The van der Waals surface area contributed by atoms with Crippen LogP contribution in [0.25, 0.3) is 0 Å². The number of hydrogen-bond acceptors (Lipinski definition) is 3. The first-order valence-electron chi connectivity index (χ1n) is 8.55. The maximum atomic E-state index is 12.2. The molecule has 1 saturated carbocycles. The molecule has 0 aliphatic heterocycles. The Kier molecular flexibility index (Phi) is 5.80. The van der Waals surface area contributed by atoms with Gasteiger partial charge < -0.3 is 10.1 Å². The summed E-state index contributed by atoms with van der Waals surface area (Å²) >= 11 is 0. The Labute approximate surface area is 138 Å². The van der Waals surface area contributed by atoms with Crippen molar-refractivity contribution in [3.8, 4) is 5.75 Å². The summed E-state index contributed by atoms with van der Waals surface area (Å²) in [5.74, 6) is 0.499. The van der Waals surface area contributed by atoms with Crippen LogP contribution in [0.3, 0.4) is 0 Å². The van der Waals surface area contributed by atoms with E-state index in [1.165, 1.54) is 6.42 Å². The smallest absolute Gasteiger partial charge is 0.316 e. The van der Waals surface area contributed by atoms with Crippen LogP contribution in [0, 0.1) is 11.3 Å². The maximum absolute atomic E-state index is 12.2. The van der Waals surface area contributed by atoms with Gasteiger partial charge in [-0.3, -0.25) is 9.59 Å². The van der Waals surface area contributed by atoms with Crippen molar-refractivity contribution in [2.75, 3.05) is 5.32 Å². The highest BCUT2D eigenvalue weighted by atomic mass is 16.5. The molecule has 0 atom stereocenters. The molecule has 0 aromatic heterocycles. The van der Waals surface area contributed by atoms with Crippen molar-refractivity contribution in [3.63, 3.8) is 0 Å². The number of esters is 1. The minimum absolute atomic E-state index is 0.0987. The van der Waals surface area contributed by atoms with Gasteiger partial charge in [0.25, 0.3) is 0 Å². The standard InChI is InChI=1S/C19H27NO3/c1-4-19(2,3)18(22)23-16-12-10-15(11-13-16)20-17(21)14-8-6-5-7-9-14/h10-14H,4-9H2,1-3H3,(H,20,21). The molecule has 1 fully saturated rings. The number of carbonyl (C=O) groups is 2. The highest BCUT2D eigenvalue weighted by Gasteiger charge is 2.27. The summed E-state index contributed by atoms with van der Waals surface area (Å²) in [7, 11) is 0. The molecule has 1 aliphatic rings. The van der Waals surface area contributed by atoms with E-state index in [-0.39, 0.29) is 17.8 Å². The molecule has 2 rings (SSSR count). The molecule has 1 amide bonds. The number of benzene rings is 1. The van der Waals surface area contributed by atoms with Gasteiger partial charge in [0.1, 0.15) is 5.75 Å².